The molecule has 0 saturated carbocycles. The average Bonchev–Trinajstić information content (AvgIpc) is 3.02. The quantitative estimate of drug-likeness (QED) is 0.398. The Balaban J connectivity index is 1.59. The summed E-state index contributed by atoms with van der Waals surface area (Å²) in [5.41, 5.74) is 1.54. The van der Waals surface area contributed by atoms with Crippen LogP contribution in [0.4, 0.5) is 11.4 Å². The SMILES string of the molecule is CSc1nc2ccc(NC(=O)COc3ccc([N+](=O)[O-])cc3)cc2s1. The maximum atomic E-state index is 12.0. The van der Waals surface area contributed by atoms with E-state index in [1.165, 1.54) is 24.3 Å². The molecule has 0 fully saturated rings. The third-order valence-corrected chi connectivity index (χ3v) is 5.25. The molecule has 0 atom stereocenters. The maximum Gasteiger partial charge on any atom is 0.269 e. The third-order valence-electron chi connectivity index (χ3n) is 3.24. The Morgan fingerprint density at radius 2 is 2.08 bits per heavy atom. The molecule has 0 aliphatic rings. The van der Waals surface area contributed by atoms with Crippen molar-refractivity contribution < 1.29 is 14.5 Å². The van der Waals surface area contributed by atoms with Crippen molar-refractivity contribution >= 4 is 50.6 Å². The molecule has 1 aromatic heterocycles. The van der Waals surface area contributed by atoms with Gasteiger partial charge in [-0.15, -0.1) is 11.3 Å². The van der Waals surface area contributed by atoms with Gasteiger partial charge >= 0.3 is 0 Å². The predicted molar refractivity (Wildman–Crippen MR) is 98.6 cm³/mol. The first kappa shape index (κ1) is 17.2. The van der Waals surface area contributed by atoms with Crippen molar-refractivity contribution in [3.8, 4) is 5.75 Å². The summed E-state index contributed by atoms with van der Waals surface area (Å²) in [6.07, 6.45) is 1.97. The Morgan fingerprint density at radius 3 is 2.76 bits per heavy atom. The molecule has 0 bridgehead atoms. The number of anilines is 1. The topological polar surface area (TPSA) is 94.4 Å². The molecule has 0 aliphatic heterocycles. The zero-order valence-corrected chi connectivity index (χ0v) is 14.7. The van der Waals surface area contributed by atoms with Crippen molar-refractivity contribution in [2.75, 3.05) is 18.2 Å². The van der Waals surface area contributed by atoms with E-state index in [0.29, 0.717) is 11.4 Å². The van der Waals surface area contributed by atoms with Crippen LogP contribution in [0.5, 0.6) is 5.75 Å². The minimum Gasteiger partial charge on any atom is -0.484 e. The van der Waals surface area contributed by atoms with Crippen LogP contribution in [0.3, 0.4) is 0 Å². The lowest BCUT2D eigenvalue weighted by molar-refractivity contribution is -0.384. The van der Waals surface area contributed by atoms with E-state index in [-0.39, 0.29) is 18.2 Å². The molecule has 0 unspecified atom stereocenters. The van der Waals surface area contributed by atoms with Crippen LogP contribution >= 0.6 is 23.1 Å². The number of ether oxygens (including phenoxy) is 1. The number of hydrogen-bond donors (Lipinski definition) is 1. The van der Waals surface area contributed by atoms with E-state index in [2.05, 4.69) is 10.3 Å². The zero-order valence-electron chi connectivity index (χ0n) is 13.1. The van der Waals surface area contributed by atoms with Crippen molar-refractivity contribution in [2.45, 2.75) is 4.34 Å². The molecule has 128 valence electrons. The van der Waals surface area contributed by atoms with Crippen molar-refractivity contribution in [1.29, 1.82) is 0 Å². The maximum absolute atomic E-state index is 12.0. The first-order chi connectivity index (χ1) is 12.0. The molecule has 3 rings (SSSR count). The summed E-state index contributed by atoms with van der Waals surface area (Å²) < 4.78 is 7.31. The molecule has 0 radical (unpaired) electrons. The fourth-order valence-electron chi connectivity index (χ4n) is 2.08. The normalized spacial score (nSPS) is 10.6. The second-order valence-electron chi connectivity index (χ2n) is 4.95. The van der Waals surface area contributed by atoms with Crippen LogP contribution in [0.15, 0.2) is 46.8 Å². The second kappa shape index (κ2) is 7.49. The fraction of sp³-hybridized carbons (Fsp3) is 0.125. The number of aromatic nitrogens is 1. The average molecular weight is 375 g/mol. The standard InChI is InChI=1S/C16H13N3O4S2/c1-24-16-18-13-7-2-10(8-14(13)25-16)17-15(20)9-23-12-5-3-11(4-6-12)19(21)22/h2-8H,9H2,1H3,(H,17,20). The lowest BCUT2D eigenvalue weighted by atomic mass is 10.3. The molecule has 0 saturated heterocycles. The minimum atomic E-state index is -0.492. The van der Waals surface area contributed by atoms with Crippen molar-refractivity contribution in [3.05, 3.63) is 52.6 Å². The van der Waals surface area contributed by atoms with Crippen LogP contribution in [-0.2, 0) is 4.79 Å². The first-order valence-corrected chi connectivity index (χ1v) is 9.21. The molecular weight excluding hydrogens is 362 g/mol. The van der Waals surface area contributed by atoms with E-state index in [0.717, 1.165) is 14.6 Å². The van der Waals surface area contributed by atoms with Crippen molar-refractivity contribution in [1.82, 2.24) is 4.98 Å². The lowest BCUT2D eigenvalue weighted by Crippen LogP contribution is -2.20. The molecule has 1 amide bonds. The van der Waals surface area contributed by atoms with Crippen LogP contribution in [0.1, 0.15) is 0 Å². The Kier molecular flexibility index (Phi) is 5.15. The van der Waals surface area contributed by atoms with Crippen LogP contribution in [0, 0.1) is 10.1 Å². The van der Waals surface area contributed by atoms with Gasteiger partial charge < -0.3 is 10.1 Å². The van der Waals surface area contributed by atoms with Gasteiger partial charge in [0.05, 0.1) is 15.1 Å². The minimum absolute atomic E-state index is 0.0285. The molecule has 1 N–H and O–H groups in total. The van der Waals surface area contributed by atoms with E-state index in [4.69, 9.17) is 4.74 Å². The van der Waals surface area contributed by atoms with E-state index in [9.17, 15) is 14.9 Å². The zero-order chi connectivity index (χ0) is 17.8. The number of carbonyl (C=O) groups excluding carboxylic acids is 1. The summed E-state index contributed by atoms with van der Waals surface area (Å²) in [4.78, 5) is 26.5. The van der Waals surface area contributed by atoms with Gasteiger partial charge in [-0.1, -0.05) is 11.8 Å². The van der Waals surface area contributed by atoms with Gasteiger partial charge in [0, 0.05) is 17.8 Å². The third kappa shape index (κ3) is 4.25. The highest BCUT2D eigenvalue weighted by Crippen LogP contribution is 2.30. The van der Waals surface area contributed by atoms with E-state index < -0.39 is 4.92 Å². The van der Waals surface area contributed by atoms with Crippen LogP contribution in [-0.4, -0.2) is 28.7 Å². The summed E-state index contributed by atoms with van der Waals surface area (Å²) >= 11 is 3.15. The number of non-ortho nitro benzene ring substituents is 1. The Hall–Kier alpha value is -2.65. The number of carbonyl (C=O) groups is 1. The molecule has 9 heteroatoms. The van der Waals surface area contributed by atoms with Gasteiger partial charge in [0.2, 0.25) is 0 Å². The number of nitro benzene ring substituents is 1. The van der Waals surface area contributed by atoms with E-state index in [1.54, 1.807) is 29.2 Å². The predicted octanol–water partition coefficient (Wildman–Crippen LogP) is 3.94. The number of hydrogen-bond acceptors (Lipinski definition) is 7. The molecule has 7 nitrogen and oxygen atoms in total. The molecule has 25 heavy (non-hydrogen) atoms. The largest absolute Gasteiger partial charge is 0.484 e. The van der Waals surface area contributed by atoms with Gasteiger partial charge in [-0.3, -0.25) is 14.9 Å². The lowest BCUT2D eigenvalue weighted by Gasteiger charge is -2.07. The molecule has 0 aliphatic carbocycles. The molecule has 0 spiro atoms. The molecule has 2 aromatic carbocycles. The number of benzene rings is 2. The van der Waals surface area contributed by atoms with Gasteiger partial charge in [-0.25, -0.2) is 4.98 Å². The Bertz CT molecular complexity index is 925. The highest BCUT2D eigenvalue weighted by Gasteiger charge is 2.08. The smallest absolute Gasteiger partial charge is 0.269 e. The highest BCUT2D eigenvalue weighted by atomic mass is 32.2. The van der Waals surface area contributed by atoms with Crippen molar-refractivity contribution in [3.63, 3.8) is 0 Å². The van der Waals surface area contributed by atoms with Crippen LogP contribution in [0.25, 0.3) is 10.2 Å². The second-order valence-corrected chi connectivity index (χ2v) is 7.04. The van der Waals surface area contributed by atoms with E-state index >= 15 is 0 Å². The van der Waals surface area contributed by atoms with Gasteiger partial charge in [0.15, 0.2) is 10.9 Å². The number of nitrogens with zero attached hydrogens (tertiary/aromatic N) is 2. The molecule has 1 heterocycles. The van der Waals surface area contributed by atoms with Gasteiger partial charge in [-0.05, 0) is 36.6 Å². The first-order valence-electron chi connectivity index (χ1n) is 7.17. The summed E-state index contributed by atoms with van der Waals surface area (Å²) in [5, 5.41) is 13.4. The molecule has 3 aromatic rings. The number of thioether (sulfide) groups is 1. The molecular formula is C16H13N3O4S2. The number of nitrogens with one attached hydrogen (secondary N) is 1. The van der Waals surface area contributed by atoms with Crippen LogP contribution in [0.2, 0.25) is 0 Å². The van der Waals surface area contributed by atoms with Crippen molar-refractivity contribution in [2.24, 2.45) is 0 Å². The highest BCUT2D eigenvalue weighted by molar-refractivity contribution is 8.00. The number of rotatable bonds is 6. The monoisotopic (exact) mass is 375 g/mol. The number of nitro groups is 1. The summed E-state index contributed by atoms with van der Waals surface area (Å²) in [6.45, 7) is -0.186. The van der Waals surface area contributed by atoms with Gasteiger partial charge in [-0.2, -0.15) is 0 Å². The summed E-state index contributed by atoms with van der Waals surface area (Å²) in [6, 6.07) is 11.1. The summed E-state index contributed by atoms with van der Waals surface area (Å²) in [5.74, 6) is 0.0792. The fourth-order valence-corrected chi connectivity index (χ4v) is 3.61. The van der Waals surface area contributed by atoms with Gasteiger partial charge in [0.25, 0.3) is 11.6 Å². The Morgan fingerprint density at radius 1 is 1.32 bits per heavy atom. The number of fused-ring (bicyclic) bond motifs is 1. The van der Waals surface area contributed by atoms with Crippen LogP contribution < -0.4 is 10.1 Å². The Labute approximate surface area is 151 Å². The van der Waals surface area contributed by atoms with E-state index in [1.807, 2.05) is 18.4 Å². The summed E-state index contributed by atoms with van der Waals surface area (Å²) in [7, 11) is 0. The number of amides is 1. The van der Waals surface area contributed by atoms with Gasteiger partial charge in [0.1, 0.15) is 5.75 Å². The number of thiazole rings is 1.